The average molecular weight is 263 g/mol. The largest absolute Gasteiger partial charge is 0.480 e. The van der Waals surface area contributed by atoms with E-state index in [2.05, 4.69) is 39.0 Å². The SMILES string of the molecule is Cc1ccc(C(C)C)cc1CCN(C)C(C)C(=O)O. The molecule has 1 aromatic rings. The lowest BCUT2D eigenvalue weighted by atomic mass is 9.96. The van der Waals surface area contributed by atoms with Crippen LogP contribution >= 0.6 is 0 Å². The number of aryl methyl sites for hydroxylation is 1. The van der Waals surface area contributed by atoms with Gasteiger partial charge in [0, 0.05) is 6.54 Å². The minimum absolute atomic E-state index is 0.436. The van der Waals surface area contributed by atoms with Crippen LogP contribution in [0.4, 0.5) is 0 Å². The molecule has 0 bridgehead atoms. The van der Waals surface area contributed by atoms with E-state index in [0.29, 0.717) is 5.92 Å². The number of aliphatic carboxylic acids is 1. The Balaban J connectivity index is 2.72. The summed E-state index contributed by atoms with van der Waals surface area (Å²) in [5, 5.41) is 8.98. The quantitative estimate of drug-likeness (QED) is 0.857. The molecule has 0 saturated carbocycles. The van der Waals surface area contributed by atoms with E-state index in [1.165, 1.54) is 16.7 Å². The number of carbonyl (C=O) groups is 1. The smallest absolute Gasteiger partial charge is 0.320 e. The molecule has 0 radical (unpaired) electrons. The highest BCUT2D eigenvalue weighted by molar-refractivity contribution is 5.72. The Morgan fingerprint density at radius 2 is 1.95 bits per heavy atom. The first-order chi connectivity index (χ1) is 8.82. The van der Waals surface area contributed by atoms with Crippen LogP contribution in [0.3, 0.4) is 0 Å². The second kappa shape index (κ2) is 6.71. The van der Waals surface area contributed by atoms with Crippen LogP contribution in [0.5, 0.6) is 0 Å². The zero-order valence-corrected chi connectivity index (χ0v) is 12.6. The summed E-state index contributed by atoms with van der Waals surface area (Å²) in [5.74, 6) is -0.245. The molecule has 0 saturated heterocycles. The van der Waals surface area contributed by atoms with Gasteiger partial charge in [0.15, 0.2) is 0 Å². The molecule has 3 nitrogen and oxygen atoms in total. The molecule has 3 heteroatoms. The van der Waals surface area contributed by atoms with Crippen molar-refractivity contribution in [2.24, 2.45) is 0 Å². The molecule has 1 unspecified atom stereocenters. The molecule has 1 rings (SSSR count). The molecule has 0 aromatic heterocycles. The zero-order chi connectivity index (χ0) is 14.6. The fourth-order valence-electron chi connectivity index (χ4n) is 2.00. The predicted octanol–water partition coefficient (Wildman–Crippen LogP) is 3.07. The fourth-order valence-corrected chi connectivity index (χ4v) is 2.00. The monoisotopic (exact) mass is 263 g/mol. The predicted molar refractivity (Wildman–Crippen MR) is 78.7 cm³/mol. The van der Waals surface area contributed by atoms with E-state index in [1.807, 2.05) is 11.9 Å². The highest BCUT2D eigenvalue weighted by Gasteiger charge is 2.16. The van der Waals surface area contributed by atoms with E-state index in [4.69, 9.17) is 5.11 Å². The lowest BCUT2D eigenvalue weighted by Gasteiger charge is -2.21. The van der Waals surface area contributed by atoms with Crippen molar-refractivity contribution in [1.29, 1.82) is 0 Å². The second-order valence-corrected chi connectivity index (χ2v) is 5.59. The van der Waals surface area contributed by atoms with E-state index in [1.54, 1.807) is 6.92 Å². The lowest BCUT2D eigenvalue weighted by molar-refractivity contribution is -0.142. The maximum absolute atomic E-state index is 10.9. The van der Waals surface area contributed by atoms with Gasteiger partial charge in [-0.25, -0.2) is 0 Å². The van der Waals surface area contributed by atoms with Gasteiger partial charge >= 0.3 is 5.97 Å². The van der Waals surface area contributed by atoms with Gasteiger partial charge in [-0.2, -0.15) is 0 Å². The van der Waals surface area contributed by atoms with Gasteiger partial charge in [-0.3, -0.25) is 9.69 Å². The Morgan fingerprint density at radius 1 is 1.32 bits per heavy atom. The molecule has 1 atom stereocenters. The molecule has 19 heavy (non-hydrogen) atoms. The summed E-state index contributed by atoms with van der Waals surface area (Å²) in [6.07, 6.45) is 0.889. The van der Waals surface area contributed by atoms with Crippen LogP contribution in [-0.2, 0) is 11.2 Å². The van der Waals surface area contributed by atoms with Gasteiger partial charge in [0.25, 0.3) is 0 Å². The van der Waals surface area contributed by atoms with Crippen molar-refractivity contribution in [3.05, 3.63) is 34.9 Å². The maximum atomic E-state index is 10.9. The molecule has 1 aromatic carbocycles. The summed E-state index contributed by atoms with van der Waals surface area (Å²) in [4.78, 5) is 12.8. The van der Waals surface area contributed by atoms with Crippen LogP contribution in [0, 0.1) is 6.92 Å². The fraction of sp³-hybridized carbons (Fsp3) is 0.562. The lowest BCUT2D eigenvalue weighted by Crippen LogP contribution is -2.37. The third kappa shape index (κ3) is 4.35. The number of likely N-dealkylation sites (N-methyl/N-ethyl adjacent to an activating group) is 1. The molecule has 0 heterocycles. The normalized spacial score (nSPS) is 13.0. The van der Waals surface area contributed by atoms with Crippen LogP contribution in [0.15, 0.2) is 18.2 Å². The number of hydrogen-bond donors (Lipinski definition) is 1. The summed E-state index contributed by atoms with van der Waals surface area (Å²) < 4.78 is 0. The van der Waals surface area contributed by atoms with Crippen molar-refractivity contribution in [1.82, 2.24) is 4.90 Å². The van der Waals surface area contributed by atoms with Gasteiger partial charge in [0.2, 0.25) is 0 Å². The first kappa shape index (κ1) is 15.7. The number of carboxylic acid groups (broad SMARTS) is 1. The Hall–Kier alpha value is -1.35. The first-order valence-corrected chi connectivity index (χ1v) is 6.85. The second-order valence-electron chi connectivity index (χ2n) is 5.59. The molecule has 106 valence electrons. The molecule has 0 aliphatic rings. The molecule has 0 aliphatic carbocycles. The van der Waals surface area contributed by atoms with E-state index in [9.17, 15) is 4.79 Å². The Bertz CT molecular complexity index is 440. The third-order valence-corrected chi connectivity index (χ3v) is 3.79. The minimum Gasteiger partial charge on any atom is -0.480 e. The number of rotatable bonds is 6. The van der Waals surface area contributed by atoms with Crippen LogP contribution in [0.1, 0.15) is 43.4 Å². The van der Waals surface area contributed by atoms with Crippen molar-refractivity contribution >= 4 is 5.97 Å². The van der Waals surface area contributed by atoms with Crippen LogP contribution in [0.2, 0.25) is 0 Å². The molecular formula is C16H25NO2. The van der Waals surface area contributed by atoms with E-state index in [0.717, 1.165) is 13.0 Å². The van der Waals surface area contributed by atoms with Crippen LogP contribution in [-0.4, -0.2) is 35.6 Å². The van der Waals surface area contributed by atoms with Gasteiger partial charge < -0.3 is 5.11 Å². The number of carboxylic acids is 1. The Morgan fingerprint density at radius 3 is 2.47 bits per heavy atom. The number of nitrogens with zero attached hydrogens (tertiary/aromatic N) is 1. The van der Waals surface area contributed by atoms with E-state index < -0.39 is 12.0 Å². The van der Waals surface area contributed by atoms with Crippen molar-refractivity contribution in [2.45, 2.75) is 46.1 Å². The Labute approximate surface area is 116 Å². The summed E-state index contributed by atoms with van der Waals surface area (Å²) in [5.41, 5.74) is 3.94. The highest BCUT2D eigenvalue weighted by Crippen LogP contribution is 2.19. The van der Waals surface area contributed by atoms with Crippen molar-refractivity contribution in [3.63, 3.8) is 0 Å². The average Bonchev–Trinajstić information content (AvgIpc) is 2.35. The standard InChI is InChI=1S/C16H25NO2/c1-11(2)14-7-6-12(3)15(10-14)8-9-17(5)13(4)16(18)19/h6-7,10-11,13H,8-9H2,1-5H3,(H,18,19). The van der Waals surface area contributed by atoms with E-state index in [-0.39, 0.29) is 0 Å². The van der Waals surface area contributed by atoms with Gasteiger partial charge in [0.1, 0.15) is 6.04 Å². The summed E-state index contributed by atoms with van der Waals surface area (Å²) >= 11 is 0. The van der Waals surface area contributed by atoms with Crippen molar-refractivity contribution < 1.29 is 9.90 Å². The van der Waals surface area contributed by atoms with Crippen molar-refractivity contribution in [2.75, 3.05) is 13.6 Å². The minimum atomic E-state index is -0.768. The zero-order valence-electron chi connectivity index (χ0n) is 12.6. The third-order valence-electron chi connectivity index (χ3n) is 3.79. The number of hydrogen-bond acceptors (Lipinski definition) is 2. The molecule has 0 spiro atoms. The van der Waals surface area contributed by atoms with Gasteiger partial charge in [-0.05, 0) is 49.9 Å². The van der Waals surface area contributed by atoms with Gasteiger partial charge in [-0.1, -0.05) is 32.0 Å². The topological polar surface area (TPSA) is 40.5 Å². The summed E-state index contributed by atoms with van der Waals surface area (Å²) in [6, 6.07) is 6.14. The van der Waals surface area contributed by atoms with E-state index >= 15 is 0 Å². The van der Waals surface area contributed by atoms with Gasteiger partial charge in [0.05, 0.1) is 0 Å². The highest BCUT2D eigenvalue weighted by atomic mass is 16.4. The maximum Gasteiger partial charge on any atom is 0.320 e. The number of benzene rings is 1. The molecule has 1 N–H and O–H groups in total. The van der Waals surface area contributed by atoms with Gasteiger partial charge in [-0.15, -0.1) is 0 Å². The van der Waals surface area contributed by atoms with Crippen molar-refractivity contribution in [3.8, 4) is 0 Å². The summed E-state index contributed by atoms with van der Waals surface area (Å²) in [6.45, 7) is 8.97. The molecule has 0 fully saturated rings. The summed E-state index contributed by atoms with van der Waals surface area (Å²) in [7, 11) is 1.86. The first-order valence-electron chi connectivity index (χ1n) is 6.85. The molecule has 0 amide bonds. The van der Waals surface area contributed by atoms with Crippen LogP contribution < -0.4 is 0 Å². The molecule has 0 aliphatic heterocycles. The molecular weight excluding hydrogens is 238 g/mol. The van der Waals surface area contributed by atoms with Crippen LogP contribution in [0.25, 0.3) is 0 Å². The Kier molecular flexibility index (Phi) is 5.55.